The summed E-state index contributed by atoms with van der Waals surface area (Å²) in [5, 5.41) is 0. The molecular weight excluding hydrogens is 286 g/mol. The summed E-state index contributed by atoms with van der Waals surface area (Å²) in [5.41, 5.74) is 3.35. The van der Waals surface area contributed by atoms with Crippen molar-refractivity contribution in [3.8, 4) is 0 Å². The van der Waals surface area contributed by atoms with Crippen LogP contribution in [-0.4, -0.2) is 25.7 Å². The highest BCUT2D eigenvalue weighted by Crippen LogP contribution is 2.26. The van der Waals surface area contributed by atoms with Gasteiger partial charge in [0.15, 0.2) is 11.6 Å². The molecule has 3 nitrogen and oxygen atoms in total. The summed E-state index contributed by atoms with van der Waals surface area (Å²) in [6, 6.07) is 15.0. The maximum atomic E-state index is 12.2. The molecule has 2 aromatic carbocycles. The maximum Gasteiger partial charge on any atom is 0.197 e. The van der Waals surface area contributed by atoms with E-state index in [0.717, 1.165) is 11.3 Å². The number of hydrogen-bond donors (Lipinski definition) is 0. The van der Waals surface area contributed by atoms with Crippen molar-refractivity contribution in [1.29, 1.82) is 0 Å². The standard InChI is InChI=1S/C20H17NO2/c1-21(2)15-12-10-14(11-13-15)6-5-9-18-19(22)16-7-3-4-8-17(16)20(18)23/h3-13H,1-2H3/b6-5-. The van der Waals surface area contributed by atoms with Crippen LogP contribution in [0.4, 0.5) is 5.69 Å². The first-order valence-electron chi connectivity index (χ1n) is 7.42. The molecule has 0 saturated carbocycles. The van der Waals surface area contributed by atoms with E-state index in [-0.39, 0.29) is 17.1 Å². The van der Waals surface area contributed by atoms with Crippen molar-refractivity contribution in [1.82, 2.24) is 0 Å². The van der Waals surface area contributed by atoms with Gasteiger partial charge in [0, 0.05) is 30.9 Å². The zero-order chi connectivity index (χ0) is 16.4. The smallest absolute Gasteiger partial charge is 0.197 e. The van der Waals surface area contributed by atoms with E-state index in [2.05, 4.69) is 0 Å². The number of rotatable bonds is 3. The third kappa shape index (κ3) is 2.86. The number of nitrogens with zero attached hydrogens (tertiary/aromatic N) is 1. The summed E-state index contributed by atoms with van der Waals surface area (Å²) in [6.07, 6.45) is 5.24. The SMILES string of the molecule is CN(C)c1ccc(/C=C\C=C2C(=O)c3ccccc3C2=O)cc1. The van der Waals surface area contributed by atoms with Crippen LogP contribution in [0.1, 0.15) is 26.3 Å². The van der Waals surface area contributed by atoms with Crippen molar-refractivity contribution in [2.24, 2.45) is 0 Å². The Morgan fingerprint density at radius 3 is 1.91 bits per heavy atom. The quantitative estimate of drug-likeness (QED) is 0.640. The number of Topliss-reactive ketones (excluding diaryl/α,β-unsaturated/α-hetero) is 2. The Kier molecular flexibility index (Phi) is 3.94. The zero-order valence-corrected chi connectivity index (χ0v) is 13.1. The summed E-state index contributed by atoms with van der Waals surface area (Å²) in [5.74, 6) is -0.392. The number of hydrogen-bond acceptors (Lipinski definition) is 3. The Bertz CT molecular complexity index is 790. The van der Waals surface area contributed by atoms with Crippen LogP contribution in [0, 0.1) is 0 Å². The minimum Gasteiger partial charge on any atom is -0.378 e. The molecule has 0 bridgehead atoms. The fraction of sp³-hybridized carbons (Fsp3) is 0.100. The molecule has 0 saturated heterocycles. The van der Waals surface area contributed by atoms with Gasteiger partial charge in [0.05, 0.1) is 5.57 Å². The Balaban J connectivity index is 1.81. The molecule has 0 heterocycles. The van der Waals surface area contributed by atoms with E-state index in [9.17, 15) is 9.59 Å². The van der Waals surface area contributed by atoms with Gasteiger partial charge < -0.3 is 4.90 Å². The molecule has 0 amide bonds. The van der Waals surface area contributed by atoms with Crippen LogP contribution in [0.3, 0.4) is 0 Å². The Labute approximate surface area is 135 Å². The van der Waals surface area contributed by atoms with Gasteiger partial charge in [0.25, 0.3) is 0 Å². The zero-order valence-electron chi connectivity index (χ0n) is 13.1. The molecule has 1 aliphatic rings. The fourth-order valence-corrected chi connectivity index (χ4v) is 2.56. The van der Waals surface area contributed by atoms with Crippen LogP contribution in [-0.2, 0) is 0 Å². The van der Waals surface area contributed by atoms with E-state index < -0.39 is 0 Å². The van der Waals surface area contributed by atoms with Gasteiger partial charge >= 0.3 is 0 Å². The highest BCUT2D eigenvalue weighted by atomic mass is 16.2. The van der Waals surface area contributed by atoms with Gasteiger partial charge in [-0.05, 0) is 23.8 Å². The van der Waals surface area contributed by atoms with Gasteiger partial charge in [0.1, 0.15) is 0 Å². The van der Waals surface area contributed by atoms with Crippen molar-refractivity contribution in [2.75, 3.05) is 19.0 Å². The molecule has 0 spiro atoms. The van der Waals surface area contributed by atoms with E-state index in [4.69, 9.17) is 0 Å². The van der Waals surface area contributed by atoms with Crippen molar-refractivity contribution >= 4 is 23.3 Å². The third-order valence-electron chi connectivity index (χ3n) is 3.87. The number of carbonyl (C=O) groups excluding carboxylic acids is 2. The minimum atomic E-state index is -0.196. The highest BCUT2D eigenvalue weighted by Gasteiger charge is 2.31. The third-order valence-corrected chi connectivity index (χ3v) is 3.87. The molecule has 0 fully saturated rings. The molecule has 1 aliphatic carbocycles. The first-order chi connectivity index (χ1) is 11.1. The topological polar surface area (TPSA) is 37.4 Å². The number of benzene rings is 2. The van der Waals surface area contributed by atoms with E-state index in [1.165, 1.54) is 0 Å². The lowest BCUT2D eigenvalue weighted by Crippen LogP contribution is -2.07. The summed E-state index contributed by atoms with van der Waals surface area (Å²) in [4.78, 5) is 26.5. The summed E-state index contributed by atoms with van der Waals surface area (Å²) in [6.45, 7) is 0. The van der Waals surface area contributed by atoms with Crippen LogP contribution in [0.15, 0.2) is 66.3 Å². The van der Waals surface area contributed by atoms with E-state index in [1.54, 1.807) is 36.4 Å². The van der Waals surface area contributed by atoms with Gasteiger partial charge in [0.2, 0.25) is 0 Å². The van der Waals surface area contributed by atoms with E-state index in [0.29, 0.717) is 11.1 Å². The second kappa shape index (κ2) is 6.05. The normalized spacial score (nSPS) is 13.6. The maximum absolute atomic E-state index is 12.2. The number of allylic oxidation sites excluding steroid dienone is 3. The average Bonchev–Trinajstić information content (AvgIpc) is 2.81. The number of carbonyl (C=O) groups is 2. The molecule has 23 heavy (non-hydrogen) atoms. The summed E-state index contributed by atoms with van der Waals surface area (Å²) in [7, 11) is 3.98. The monoisotopic (exact) mass is 303 g/mol. The van der Waals surface area contributed by atoms with Crippen molar-refractivity contribution in [2.45, 2.75) is 0 Å². The Morgan fingerprint density at radius 2 is 1.39 bits per heavy atom. The van der Waals surface area contributed by atoms with Gasteiger partial charge in [-0.25, -0.2) is 0 Å². The number of anilines is 1. The second-order valence-corrected chi connectivity index (χ2v) is 5.63. The summed E-state index contributed by atoms with van der Waals surface area (Å²) < 4.78 is 0. The van der Waals surface area contributed by atoms with Crippen LogP contribution in [0.5, 0.6) is 0 Å². The lowest BCUT2D eigenvalue weighted by atomic mass is 10.1. The molecule has 0 aromatic heterocycles. The molecule has 2 aromatic rings. The molecule has 0 aliphatic heterocycles. The van der Waals surface area contributed by atoms with Gasteiger partial charge in [-0.3, -0.25) is 9.59 Å². The summed E-state index contributed by atoms with van der Waals surface area (Å²) >= 11 is 0. The van der Waals surface area contributed by atoms with Gasteiger partial charge in [-0.15, -0.1) is 0 Å². The number of fused-ring (bicyclic) bond motifs is 1. The molecule has 0 unspecified atom stereocenters. The molecule has 0 radical (unpaired) electrons. The van der Waals surface area contributed by atoms with E-state index >= 15 is 0 Å². The van der Waals surface area contributed by atoms with Crippen LogP contribution < -0.4 is 4.90 Å². The molecule has 0 N–H and O–H groups in total. The largest absolute Gasteiger partial charge is 0.378 e. The fourth-order valence-electron chi connectivity index (χ4n) is 2.56. The van der Waals surface area contributed by atoms with Gasteiger partial charge in [-0.2, -0.15) is 0 Å². The van der Waals surface area contributed by atoms with Crippen molar-refractivity contribution < 1.29 is 9.59 Å². The second-order valence-electron chi connectivity index (χ2n) is 5.63. The predicted octanol–water partition coefficient (Wildman–Crippen LogP) is 3.77. The molecule has 3 heteroatoms. The van der Waals surface area contributed by atoms with Crippen LogP contribution in [0.2, 0.25) is 0 Å². The minimum absolute atomic E-state index is 0.196. The van der Waals surface area contributed by atoms with Crippen molar-refractivity contribution in [3.05, 3.63) is 82.9 Å². The highest BCUT2D eigenvalue weighted by molar-refractivity contribution is 6.39. The van der Waals surface area contributed by atoms with Crippen LogP contribution in [0.25, 0.3) is 6.08 Å². The molecular formula is C20H17NO2. The first kappa shape index (κ1) is 15.0. The number of ketones is 2. The lowest BCUT2D eigenvalue weighted by Gasteiger charge is -2.11. The van der Waals surface area contributed by atoms with E-state index in [1.807, 2.05) is 49.3 Å². The molecule has 0 atom stereocenters. The molecule has 3 rings (SSSR count). The average molecular weight is 303 g/mol. The Hall–Kier alpha value is -2.94. The van der Waals surface area contributed by atoms with Crippen LogP contribution >= 0.6 is 0 Å². The predicted molar refractivity (Wildman–Crippen MR) is 93.0 cm³/mol. The van der Waals surface area contributed by atoms with Crippen molar-refractivity contribution in [3.63, 3.8) is 0 Å². The van der Waals surface area contributed by atoms with Gasteiger partial charge in [-0.1, -0.05) is 48.6 Å². The lowest BCUT2D eigenvalue weighted by molar-refractivity contribution is 0.0989. The first-order valence-corrected chi connectivity index (χ1v) is 7.42. The Morgan fingerprint density at radius 1 is 0.826 bits per heavy atom. The molecule has 114 valence electrons.